The van der Waals surface area contributed by atoms with Gasteiger partial charge < -0.3 is 14.6 Å². The van der Waals surface area contributed by atoms with E-state index in [0.29, 0.717) is 11.4 Å². The molecule has 0 aliphatic rings. The Morgan fingerprint density at radius 2 is 2.27 bits per heavy atom. The highest BCUT2D eigenvalue weighted by molar-refractivity contribution is 7.08. The van der Waals surface area contributed by atoms with Crippen molar-refractivity contribution in [3.8, 4) is 0 Å². The first-order valence-corrected chi connectivity index (χ1v) is 7.79. The van der Waals surface area contributed by atoms with E-state index in [2.05, 4.69) is 15.5 Å². The smallest absolute Gasteiger partial charge is 0.308 e. The van der Waals surface area contributed by atoms with Gasteiger partial charge in [-0.3, -0.25) is 9.59 Å². The Morgan fingerprint density at radius 3 is 2.91 bits per heavy atom. The average molecular weight is 323 g/mol. The van der Waals surface area contributed by atoms with E-state index < -0.39 is 5.97 Å². The third-order valence-corrected chi connectivity index (χ3v) is 3.44. The van der Waals surface area contributed by atoms with Crippen LogP contribution in [0, 0.1) is 0 Å². The van der Waals surface area contributed by atoms with Gasteiger partial charge in [0.2, 0.25) is 0 Å². The zero-order valence-electron chi connectivity index (χ0n) is 12.4. The number of hydrogen-bond acceptors (Lipinski definition) is 7. The Bertz CT molecular complexity index is 622. The van der Waals surface area contributed by atoms with Gasteiger partial charge in [-0.15, -0.1) is 0 Å². The van der Waals surface area contributed by atoms with Crippen LogP contribution in [0.5, 0.6) is 0 Å². The van der Waals surface area contributed by atoms with E-state index in [0.717, 1.165) is 0 Å². The van der Waals surface area contributed by atoms with Crippen molar-refractivity contribution in [3.63, 3.8) is 0 Å². The van der Waals surface area contributed by atoms with Crippen LogP contribution in [0.4, 0.5) is 0 Å². The van der Waals surface area contributed by atoms with Gasteiger partial charge in [0.1, 0.15) is 0 Å². The number of carbonyl (C=O) groups is 2. The van der Waals surface area contributed by atoms with Gasteiger partial charge in [-0.1, -0.05) is 19.0 Å². The molecule has 7 nitrogen and oxygen atoms in total. The lowest BCUT2D eigenvalue weighted by Gasteiger charge is -2.04. The van der Waals surface area contributed by atoms with Crippen molar-refractivity contribution in [1.29, 1.82) is 0 Å². The van der Waals surface area contributed by atoms with E-state index in [4.69, 9.17) is 9.26 Å². The lowest BCUT2D eigenvalue weighted by Crippen LogP contribution is -2.26. The molecule has 2 heterocycles. The van der Waals surface area contributed by atoms with Crippen molar-refractivity contribution in [2.24, 2.45) is 0 Å². The molecule has 0 fully saturated rings. The number of thiophene rings is 1. The van der Waals surface area contributed by atoms with Crippen LogP contribution in [-0.2, 0) is 16.1 Å². The summed E-state index contributed by atoms with van der Waals surface area (Å²) in [5.41, 5.74) is 0.588. The lowest BCUT2D eigenvalue weighted by atomic mass is 10.2. The maximum atomic E-state index is 11.6. The Hall–Kier alpha value is -2.22. The molecule has 0 unspecified atom stereocenters. The van der Waals surface area contributed by atoms with Gasteiger partial charge in [0.25, 0.3) is 11.8 Å². The molecule has 118 valence electrons. The van der Waals surface area contributed by atoms with Crippen molar-refractivity contribution in [3.05, 3.63) is 34.1 Å². The number of amides is 1. The molecular formula is C14H17N3O4S. The molecule has 1 N–H and O–H groups in total. The highest BCUT2D eigenvalue weighted by Gasteiger charge is 2.12. The molecule has 0 aliphatic carbocycles. The molecular weight excluding hydrogens is 306 g/mol. The van der Waals surface area contributed by atoms with E-state index in [9.17, 15) is 9.59 Å². The first kappa shape index (κ1) is 16.2. The zero-order chi connectivity index (χ0) is 15.9. The average Bonchev–Trinajstić information content (AvgIpc) is 3.16. The molecule has 2 aromatic heterocycles. The minimum atomic E-state index is -0.435. The van der Waals surface area contributed by atoms with Crippen LogP contribution in [0.1, 0.15) is 48.3 Å². The maximum Gasteiger partial charge on any atom is 0.308 e. The minimum Gasteiger partial charge on any atom is -0.456 e. The van der Waals surface area contributed by atoms with E-state index in [-0.39, 0.29) is 37.3 Å². The number of carbonyl (C=O) groups excluding carboxylic acids is 2. The molecule has 22 heavy (non-hydrogen) atoms. The number of nitrogens with one attached hydrogen (secondary N) is 1. The van der Waals surface area contributed by atoms with Crippen LogP contribution in [0.3, 0.4) is 0 Å². The standard InChI is InChI=1S/C14H17N3O4S/c1-9(2)13-16-11(21-17-13)7-20-12(18)3-5-15-14(19)10-4-6-22-8-10/h4,6,8-9H,3,5,7H2,1-2H3,(H,15,19). The summed E-state index contributed by atoms with van der Waals surface area (Å²) >= 11 is 1.44. The molecule has 0 aromatic carbocycles. The molecule has 8 heteroatoms. The Labute approximate surface area is 131 Å². The van der Waals surface area contributed by atoms with Crippen molar-refractivity contribution >= 4 is 23.2 Å². The number of ether oxygens (including phenoxy) is 1. The van der Waals surface area contributed by atoms with Gasteiger partial charge in [-0.25, -0.2) is 0 Å². The minimum absolute atomic E-state index is 0.0585. The van der Waals surface area contributed by atoms with Crippen LogP contribution >= 0.6 is 11.3 Å². The fraction of sp³-hybridized carbons (Fsp3) is 0.429. The molecule has 0 atom stereocenters. The van der Waals surface area contributed by atoms with E-state index in [1.165, 1.54) is 11.3 Å². The van der Waals surface area contributed by atoms with E-state index in [1.807, 2.05) is 19.2 Å². The largest absolute Gasteiger partial charge is 0.456 e. The Morgan fingerprint density at radius 1 is 1.45 bits per heavy atom. The highest BCUT2D eigenvalue weighted by atomic mass is 32.1. The number of rotatable bonds is 7. The molecule has 0 aliphatic heterocycles. The molecule has 2 rings (SSSR count). The predicted octanol–water partition coefficient (Wildman–Crippen LogP) is 2.12. The predicted molar refractivity (Wildman–Crippen MR) is 79.5 cm³/mol. The summed E-state index contributed by atoms with van der Waals surface area (Å²) in [4.78, 5) is 27.3. The Balaban J connectivity index is 1.66. The molecule has 0 radical (unpaired) electrons. The first-order chi connectivity index (χ1) is 10.6. The Kier molecular flexibility index (Phi) is 5.65. The number of esters is 1. The van der Waals surface area contributed by atoms with Crippen molar-refractivity contribution < 1.29 is 18.8 Å². The summed E-state index contributed by atoms with van der Waals surface area (Å²) in [6, 6.07) is 1.72. The lowest BCUT2D eigenvalue weighted by molar-refractivity contribution is -0.145. The second-order valence-corrected chi connectivity index (χ2v) is 5.66. The van der Waals surface area contributed by atoms with E-state index in [1.54, 1.807) is 11.4 Å². The van der Waals surface area contributed by atoms with Gasteiger partial charge in [0, 0.05) is 23.4 Å². The fourth-order valence-corrected chi connectivity index (χ4v) is 2.19. The molecule has 0 saturated heterocycles. The summed E-state index contributed by atoms with van der Waals surface area (Å²) < 4.78 is 9.97. The van der Waals surface area contributed by atoms with Crippen molar-refractivity contribution in [2.75, 3.05) is 6.54 Å². The molecule has 0 bridgehead atoms. The fourth-order valence-electron chi connectivity index (χ4n) is 1.55. The van der Waals surface area contributed by atoms with Crippen molar-refractivity contribution in [1.82, 2.24) is 15.5 Å². The second kappa shape index (κ2) is 7.69. The summed E-state index contributed by atoms with van der Waals surface area (Å²) in [7, 11) is 0. The molecule has 2 aromatic rings. The quantitative estimate of drug-likeness (QED) is 0.784. The number of hydrogen-bond donors (Lipinski definition) is 1. The molecule has 0 saturated carbocycles. The SMILES string of the molecule is CC(C)c1noc(COC(=O)CCNC(=O)c2ccsc2)n1. The van der Waals surface area contributed by atoms with Crippen LogP contribution in [0.25, 0.3) is 0 Å². The summed E-state index contributed by atoms with van der Waals surface area (Å²) in [5, 5.41) is 9.99. The van der Waals surface area contributed by atoms with Crippen LogP contribution in [0.15, 0.2) is 21.3 Å². The first-order valence-electron chi connectivity index (χ1n) is 6.84. The van der Waals surface area contributed by atoms with Gasteiger partial charge in [-0.2, -0.15) is 16.3 Å². The van der Waals surface area contributed by atoms with E-state index >= 15 is 0 Å². The normalized spacial score (nSPS) is 10.7. The number of aromatic nitrogens is 2. The number of nitrogens with zero attached hydrogens (tertiary/aromatic N) is 2. The summed E-state index contributed by atoms with van der Waals surface area (Å²) in [6.07, 6.45) is 0.0844. The third-order valence-electron chi connectivity index (χ3n) is 2.75. The van der Waals surface area contributed by atoms with Gasteiger partial charge >= 0.3 is 5.97 Å². The van der Waals surface area contributed by atoms with Crippen LogP contribution in [0.2, 0.25) is 0 Å². The summed E-state index contributed by atoms with van der Waals surface area (Å²) in [5.74, 6) is 0.358. The monoisotopic (exact) mass is 323 g/mol. The van der Waals surface area contributed by atoms with Crippen LogP contribution < -0.4 is 5.32 Å². The highest BCUT2D eigenvalue weighted by Crippen LogP contribution is 2.10. The van der Waals surface area contributed by atoms with Crippen LogP contribution in [-0.4, -0.2) is 28.6 Å². The molecule has 0 spiro atoms. The maximum absolute atomic E-state index is 11.6. The topological polar surface area (TPSA) is 94.3 Å². The van der Waals surface area contributed by atoms with Gasteiger partial charge in [0.05, 0.1) is 6.42 Å². The van der Waals surface area contributed by atoms with Gasteiger partial charge in [0.15, 0.2) is 12.4 Å². The second-order valence-electron chi connectivity index (χ2n) is 4.88. The summed E-state index contributed by atoms with van der Waals surface area (Å²) in [6.45, 7) is 4.04. The molecule has 1 amide bonds. The zero-order valence-corrected chi connectivity index (χ0v) is 13.2. The van der Waals surface area contributed by atoms with Gasteiger partial charge in [-0.05, 0) is 11.4 Å². The van der Waals surface area contributed by atoms with Crippen molar-refractivity contribution in [2.45, 2.75) is 32.8 Å². The third kappa shape index (κ3) is 4.66.